The maximum absolute atomic E-state index is 6.30. The SMILES string of the molecule is CCCCCCCCNC#Cc1ccc2c(ccc3c4ccc5cc(C#CC(N)CCCCCCC)ccc5c4sc23)c1. The van der Waals surface area contributed by atoms with Crippen molar-refractivity contribution in [2.75, 3.05) is 6.54 Å². The molecular formula is C40H46N2S. The molecular weight excluding hydrogens is 541 g/mol. The summed E-state index contributed by atoms with van der Waals surface area (Å²) in [5.41, 5.74) is 8.39. The number of unbranched alkanes of at least 4 members (excludes halogenated alkanes) is 9. The van der Waals surface area contributed by atoms with Gasteiger partial charge in [0.25, 0.3) is 0 Å². The van der Waals surface area contributed by atoms with Gasteiger partial charge in [-0.25, -0.2) is 0 Å². The van der Waals surface area contributed by atoms with Crippen molar-refractivity contribution < 1.29 is 0 Å². The minimum absolute atomic E-state index is 0.0523. The molecule has 0 spiro atoms. The number of fused-ring (bicyclic) bond motifs is 7. The second-order valence-corrected chi connectivity index (χ2v) is 12.9. The molecule has 2 nitrogen and oxygen atoms in total. The minimum Gasteiger partial charge on any atom is -0.346 e. The predicted molar refractivity (Wildman–Crippen MR) is 191 cm³/mol. The van der Waals surface area contributed by atoms with Gasteiger partial charge >= 0.3 is 0 Å². The van der Waals surface area contributed by atoms with Crippen molar-refractivity contribution in [3.8, 4) is 23.8 Å². The number of nitrogens with one attached hydrogen (secondary N) is 1. The van der Waals surface area contributed by atoms with Crippen LogP contribution in [0.3, 0.4) is 0 Å². The fourth-order valence-electron chi connectivity index (χ4n) is 5.89. The number of nitrogens with two attached hydrogens (primary N) is 1. The Morgan fingerprint density at radius 3 is 1.79 bits per heavy atom. The second kappa shape index (κ2) is 15.8. The highest BCUT2D eigenvalue weighted by Gasteiger charge is 2.11. The highest BCUT2D eigenvalue weighted by atomic mass is 32.1. The maximum atomic E-state index is 6.30. The highest BCUT2D eigenvalue weighted by Crippen LogP contribution is 2.41. The minimum atomic E-state index is -0.0523. The van der Waals surface area contributed by atoms with Crippen molar-refractivity contribution in [3.63, 3.8) is 0 Å². The van der Waals surface area contributed by atoms with Gasteiger partial charge in [-0.3, -0.25) is 0 Å². The van der Waals surface area contributed by atoms with Crippen LogP contribution >= 0.6 is 11.3 Å². The Kier molecular flexibility index (Phi) is 11.4. The lowest BCUT2D eigenvalue weighted by Crippen LogP contribution is -2.17. The van der Waals surface area contributed by atoms with Crippen LogP contribution in [-0.2, 0) is 0 Å². The molecule has 1 atom stereocenters. The van der Waals surface area contributed by atoms with Crippen LogP contribution in [0, 0.1) is 23.8 Å². The van der Waals surface area contributed by atoms with Crippen molar-refractivity contribution >= 4 is 53.1 Å². The van der Waals surface area contributed by atoms with Crippen molar-refractivity contribution in [1.82, 2.24) is 5.32 Å². The van der Waals surface area contributed by atoms with Crippen LogP contribution in [0.25, 0.3) is 41.7 Å². The van der Waals surface area contributed by atoms with E-state index in [9.17, 15) is 0 Å². The van der Waals surface area contributed by atoms with Gasteiger partial charge < -0.3 is 11.1 Å². The maximum Gasteiger partial charge on any atom is 0.0668 e. The lowest BCUT2D eigenvalue weighted by molar-refractivity contribution is 0.588. The molecule has 1 heterocycles. The number of rotatable bonds is 13. The van der Waals surface area contributed by atoms with Crippen molar-refractivity contribution in [2.24, 2.45) is 5.73 Å². The Morgan fingerprint density at radius 1 is 0.628 bits per heavy atom. The van der Waals surface area contributed by atoms with Crippen molar-refractivity contribution in [2.45, 2.75) is 96.9 Å². The lowest BCUT2D eigenvalue weighted by atomic mass is 10.0. The van der Waals surface area contributed by atoms with Gasteiger partial charge in [-0.2, -0.15) is 0 Å². The van der Waals surface area contributed by atoms with Crippen LogP contribution < -0.4 is 11.1 Å². The van der Waals surface area contributed by atoms with Crippen molar-refractivity contribution in [3.05, 3.63) is 71.8 Å². The summed E-state index contributed by atoms with van der Waals surface area (Å²) in [6.45, 7) is 5.47. The highest BCUT2D eigenvalue weighted by molar-refractivity contribution is 7.27. The summed E-state index contributed by atoms with van der Waals surface area (Å²) in [7, 11) is 0. The summed E-state index contributed by atoms with van der Waals surface area (Å²) in [6, 6.07) is 25.4. The first-order valence-corrected chi connectivity index (χ1v) is 17.3. The molecule has 0 aliphatic carbocycles. The predicted octanol–water partition coefficient (Wildman–Crippen LogP) is 10.7. The normalized spacial score (nSPS) is 11.9. The average Bonchev–Trinajstić information content (AvgIpc) is 3.42. The molecule has 4 aromatic carbocycles. The first kappa shape index (κ1) is 30.9. The third-order valence-corrected chi connectivity index (χ3v) is 9.69. The van der Waals surface area contributed by atoms with E-state index in [-0.39, 0.29) is 6.04 Å². The molecule has 0 saturated carbocycles. The topological polar surface area (TPSA) is 38.0 Å². The van der Waals surface area contributed by atoms with Crippen LogP contribution in [0.15, 0.2) is 60.7 Å². The quantitative estimate of drug-likeness (QED) is 0.0818. The van der Waals surface area contributed by atoms with Gasteiger partial charge in [0, 0.05) is 43.9 Å². The first-order valence-electron chi connectivity index (χ1n) is 16.5. The fraction of sp³-hybridized carbons (Fsp3) is 0.400. The van der Waals surface area contributed by atoms with Gasteiger partial charge in [0.1, 0.15) is 0 Å². The van der Waals surface area contributed by atoms with Crippen LogP contribution in [0.1, 0.15) is 102 Å². The molecule has 0 aliphatic rings. The van der Waals surface area contributed by atoms with E-state index in [0.717, 1.165) is 30.5 Å². The zero-order valence-electron chi connectivity index (χ0n) is 26.0. The first-order chi connectivity index (χ1) is 21.2. The molecule has 43 heavy (non-hydrogen) atoms. The van der Waals surface area contributed by atoms with Gasteiger partial charge in [-0.15, -0.1) is 11.3 Å². The van der Waals surface area contributed by atoms with Gasteiger partial charge in [0.2, 0.25) is 0 Å². The van der Waals surface area contributed by atoms with Gasteiger partial charge in [-0.1, -0.05) is 126 Å². The van der Waals surface area contributed by atoms with Gasteiger partial charge in [0.15, 0.2) is 0 Å². The standard InChI is InChI=1S/C40H46N2S/c1-3-5-7-9-11-13-26-42-27-25-31-17-22-36-33(29-31)19-24-38-37-23-18-32-28-30(16-21-35(32)39(37)43-40(36)38)15-20-34(41)14-12-10-8-6-4-2/h16-19,21-24,28-29,34,42H,3-14,26,41H2,1-2H3. The molecule has 1 unspecified atom stereocenters. The van der Waals surface area contributed by atoms with Crippen molar-refractivity contribution in [1.29, 1.82) is 0 Å². The van der Waals surface area contributed by atoms with E-state index in [1.54, 1.807) is 0 Å². The Bertz CT molecular complexity index is 1790. The number of hydrogen-bond donors (Lipinski definition) is 2. The number of thiophene rings is 1. The Balaban J connectivity index is 1.29. The number of benzene rings is 4. The Hall–Kier alpha value is -3.50. The van der Waals surface area contributed by atoms with E-state index in [0.29, 0.717) is 0 Å². The van der Waals surface area contributed by atoms with Gasteiger partial charge in [-0.05, 0) is 64.6 Å². The Morgan fingerprint density at radius 2 is 1.16 bits per heavy atom. The molecule has 3 N–H and O–H groups in total. The largest absolute Gasteiger partial charge is 0.346 e. The summed E-state index contributed by atoms with van der Waals surface area (Å²) in [4.78, 5) is 0. The zero-order valence-corrected chi connectivity index (χ0v) is 26.8. The van der Waals surface area contributed by atoms with Crippen LogP contribution in [0.2, 0.25) is 0 Å². The van der Waals surface area contributed by atoms with Crippen LogP contribution in [-0.4, -0.2) is 12.6 Å². The summed E-state index contributed by atoms with van der Waals surface area (Å²) in [5, 5.41) is 11.0. The van der Waals surface area contributed by atoms with E-state index in [1.165, 1.54) is 106 Å². The average molecular weight is 587 g/mol. The molecule has 1 aromatic heterocycles. The molecule has 5 rings (SSSR count). The van der Waals surface area contributed by atoms with Gasteiger partial charge in [0.05, 0.1) is 6.04 Å². The molecule has 0 bridgehead atoms. The third kappa shape index (κ3) is 8.12. The van der Waals surface area contributed by atoms with E-state index in [1.807, 2.05) is 11.3 Å². The second-order valence-electron chi connectivity index (χ2n) is 11.9. The molecule has 0 radical (unpaired) electrons. The summed E-state index contributed by atoms with van der Waals surface area (Å²) in [5.74, 6) is 9.93. The summed E-state index contributed by atoms with van der Waals surface area (Å²) >= 11 is 1.89. The molecule has 0 saturated heterocycles. The van der Waals surface area contributed by atoms with E-state index in [4.69, 9.17) is 5.73 Å². The monoisotopic (exact) mass is 586 g/mol. The molecule has 5 aromatic rings. The lowest BCUT2D eigenvalue weighted by Gasteiger charge is -2.04. The van der Waals surface area contributed by atoms with Crippen LogP contribution in [0.4, 0.5) is 0 Å². The zero-order chi connectivity index (χ0) is 29.9. The van der Waals surface area contributed by atoms with E-state index >= 15 is 0 Å². The number of hydrogen-bond acceptors (Lipinski definition) is 3. The molecule has 0 amide bonds. The summed E-state index contributed by atoms with van der Waals surface area (Å²) < 4.78 is 2.68. The third-order valence-electron chi connectivity index (χ3n) is 8.41. The Labute approximate surface area is 262 Å². The fourth-order valence-corrected chi connectivity index (χ4v) is 7.26. The smallest absolute Gasteiger partial charge is 0.0668 e. The molecule has 0 fully saturated rings. The molecule has 0 aliphatic heterocycles. The van der Waals surface area contributed by atoms with E-state index in [2.05, 4.69) is 104 Å². The van der Waals surface area contributed by atoms with Crippen LogP contribution in [0.5, 0.6) is 0 Å². The summed E-state index contributed by atoms with van der Waals surface area (Å²) in [6.07, 6.45) is 15.1. The van der Waals surface area contributed by atoms with E-state index < -0.39 is 0 Å². The molecule has 3 heteroatoms. The molecule has 222 valence electrons.